The highest BCUT2D eigenvalue weighted by molar-refractivity contribution is 7.80. The molecule has 0 aliphatic rings. The van der Waals surface area contributed by atoms with E-state index in [0.29, 0.717) is 23.8 Å². The smallest absolute Gasteiger partial charge is 0.253 e. The maximum atomic E-state index is 12.5. The lowest BCUT2D eigenvalue weighted by Gasteiger charge is -2.25. The number of fused-ring (bicyclic) bond motifs is 1. The van der Waals surface area contributed by atoms with Gasteiger partial charge in [-0.05, 0) is 67.7 Å². The number of aryl methyl sites for hydroxylation is 3. The molecule has 1 heterocycles. The van der Waals surface area contributed by atoms with Gasteiger partial charge in [0.1, 0.15) is 0 Å². The molecule has 0 radical (unpaired) electrons. The molecule has 0 amide bonds. The first kappa shape index (κ1) is 20.0. The standard InChI is InChI=1S/C22H25N3O2S/c1-14-5-7-19(16(3)10-14)24-22(28)25(8-9-26)13-18-12-17-6-4-15(2)11-20(17)23-21(18)27/h4-7,10-12,26H,8-9,13H2,1-3H3,(H,23,27)(H,24,28). The Hall–Kier alpha value is -2.70. The van der Waals surface area contributed by atoms with Crippen molar-refractivity contribution in [2.75, 3.05) is 18.5 Å². The van der Waals surface area contributed by atoms with Crippen LogP contribution in [0.1, 0.15) is 22.3 Å². The molecule has 6 heteroatoms. The summed E-state index contributed by atoms with van der Waals surface area (Å²) >= 11 is 5.56. The summed E-state index contributed by atoms with van der Waals surface area (Å²) in [6, 6.07) is 13.9. The number of benzene rings is 2. The number of anilines is 1. The number of nitrogens with one attached hydrogen (secondary N) is 2. The van der Waals surface area contributed by atoms with E-state index in [4.69, 9.17) is 12.2 Å². The molecule has 0 fully saturated rings. The molecule has 0 atom stereocenters. The zero-order valence-corrected chi connectivity index (χ0v) is 17.2. The lowest BCUT2D eigenvalue weighted by atomic mass is 10.1. The van der Waals surface area contributed by atoms with Gasteiger partial charge < -0.3 is 20.3 Å². The van der Waals surface area contributed by atoms with Crippen LogP contribution in [0.5, 0.6) is 0 Å². The average molecular weight is 396 g/mol. The fraction of sp³-hybridized carbons (Fsp3) is 0.273. The number of aromatic amines is 1. The zero-order valence-electron chi connectivity index (χ0n) is 16.4. The minimum atomic E-state index is -0.143. The molecule has 5 nitrogen and oxygen atoms in total. The number of aliphatic hydroxyl groups excluding tert-OH is 1. The van der Waals surface area contributed by atoms with E-state index in [2.05, 4.69) is 16.4 Å². The molecule has 2 aromatic carbocycles. The molecule has 3 rings (SSSR count). The van der Waals surface area contributed by atoms with Crippen LogP contribution < -0.4 is 10.9 Å². The van der Waals surface area contributed by atoms with Crippen LogP contribution in [0, 0.1) is 20.8 Å². The van der Waals surface area contributed by atoms with E-state index in [9.17, 15) is 9.90 Å². The number of nitrogens with zero attached hydrogens (tertiary/aromatic N) is 1. The van der Waals surface area contributed by atoms with Crippen molar-refractivity contribution in [3.8, 4) is 0 Å². The van der Waals surface area contributed by atoms with Gasteiger partial charge in [-0.25, -0.2) is 0 Å². The molecular formula is C22H25N3O2S. The van der Waals surface area contributed by atoms with Crippen LogP contribution in [0.3, 0.4) is 0 Å². The van der Waals surface area contributed by atoms with Crippen LogP contribution in [0.2, 0.25) is 0 Å². The number of aromatic nitrogens is 1. The lowest BCUT2D eigenvalue weighted by molar-refractivity contribution is 0.248. The third-order valence-corrected chi connectivity index (χ3v) is 5.08. The van der Waals surface area contributed by atoms with E-state index in [-0.39, 0.29) is 12.2 Å². The summed E-state index contributed by atoms with van der Waals surface area (Å²) in [7, 11) is 0. The minimum Gasteiger partial charge on any atom is -0.395 e. The Bertz CT molecular complexity index is 1080. The van der Waals surface area contributed by atoms with Crippen molar-refractivity contribution in [2.45, 2.75) is 27.3 Å². The first-order chi connectivity index (χ1) is 13.4. The number of H-pyrrole nitrogens is 1. The molecule has 146 valence electrons. The van der Waals surface area contributed by atoms with E-state index in [0.717, 1.165) is 27.7 Å². The van der Waals surface area contributed by atoms with Gasteiger partial charge in [0.05, 0.1) is 13.2 Å². The summed E-state index contributed by atoms with van der Waals surface area (Å²) in [5.74, 6) is 0. The van der Waals surface area contributed by atoms with Crippen LogP contribution in [-0.2, 0) is 6.54 Å². The molecule has 0 aliphatic carbocycles. The monoisotopic (exact) mass is 395 g/mol. The summed E-state index contributed by atoms with van der Waals surface area (Å²) in [4.78, 5) is 17.3. The molecule has 3 N–H and O–H groups in total. The second-order valence-electron chi connectivity index (χ2n) is 7.11. The summed E-state index contributed by atoms with van der Waals surface area (Å²) in [6.07, 6.45) is 0. The van der Waals surface area contributed by atoms with Gasteiger partial charge in [0.25, 0.3) is 5.56 Å². The summed E-state index contributed by atoms with van der Waals surface area (Å²) in [6.45, 7) is 6.65. The Morgan fingerprint density at radius 1 is 1.11 bits per heavy atom. The summed E-state index contributed by atoms with van der Waals surface area (Å²) in [5.41, 5.74) is 5.56. The molecule has 0 bridgehead atoms. The molecule has 0 saturated heterocycles. The SMILES string of the molecule is Cc1ccc(NC(=S)N(CCO)Cc2cc3ccc(C)cc3[nH]c2=O)c(C)c1. The van der Waals surface area contributed by atoms with Crippen molar-refractivity contribution in [3.63, 3.8) is 0 Å². The topological polar surface area (TPSA) is 68.4 Å². The van der Waals surface area contributed by atoms with Crippen LogP contribution in [-0.4, -0.2) is 33.3 Å². The average Bonchev–Trinajstić information content (AvgIpc) is 2.64. The maximum absolute atomic E-state index is 12.5. The number of rotatable bonds is 5. The highest BCUT2D eigenvalue weighted by atomic mass is 32.1. The zero-order chi connectivity index (χ0) is 20.3. The fourth-order valence-corrected chi connectivity index (χ4v) is 3.47. The van der Waals surface area contributed by atoms with Gasteiger partial charge in [-0.2, -0.15) is 0 Å². The number of hydrogen-bond donors (Lipinski definition) is 3. The molecule has 0 spiro atoms. The lowest BCUT2D eigenvalue weighted by Crippen LogP contribution is -2.38. The number of aliphatic hydroxyl groups is 1. The molecule has 0 saturated carbocycles. The molecular weight excluding hydrogens is 370 g/mol. The van der Waals surface area contributed by atoms with Crippen molar-refractivity contribution in [1.29, 1.82) is 0 Å². The fourth-order valence-electron chi connectivity index (χ4n) is 3.20. The number of pyridine rings is 1. The predicted octanol–water partition coefficient (Wildman–Crippen LogP) is 3.64. The molecule has 28 heavy (non-hydrogen) atoms. The second kappa shape index (κ2) is 8.54. The van der Waals surface area contributed by atoms with Crippen LogP contribution >= 0.6 is 12.2 Å². The minimum absolute atomic E-state index is 0.0562. The Morgan fingerprint density at radius 2 is 1.82 bits per heavy atom. The van der Waals surface area contributed by atoms with E-state index in [1.807, 2.05) is 57.2 Å². The van der Waals surface area contributed by atoms with Gasteiger partial charge in [0.2, 0.25) is 0 Å². The Kier molecular flexibility index (Phi) is 6.11. The number of hydrogen-bond acceptors (Lipinski definition) is 3. The Balaban J connectivity index is 1.85. The first-order valence-corrected chi connectivity index (χ1v) is 9.65. The second-order valence-corrected chi connectivity index (χ2v) is 7.49. The summed E-state index contributed by atoms with van der Waals surface area (Å²) < 4.78 is 0. The quantitative estimate of drug-likeness (QED) is 0.576. The van der Waals surface area contributed by atoms with Crippen LogP contribution in [0.25, 0.3) is 10.9 Å². The van der Waals surface area contributed by atoms with Crippen molar-refractivity contribution in [1.82, 2.24) is 9.88 Å². The first-order valence-electron chi connectivity index (χ1n) is 9.24. The van der Waals surface area contributed by atoms with Crippen LogP contribution in [0.4, 0.5) is 5.69 Å². The summed E-state index contributed by atoms with van der Waals surface area (Å²) in [5, 5.41) is 14.2. The van der Waals surface area contributed by atoms with Gasteiger partial charge in [0, 0.05) is 23.3 Å². The molecule has 1 aromatic heterocycles. The number of thiocarbonyl (C=S) groups is 1. The normalized spacial score (nSPS) is 10.9. The highest BCUT2D eigenvalue weighted by Crippen LogP contribution is 2.18. The largest absolute Gasteiger partial charge is 0.395 e. The molecule has 0 aliphatic heterocycles. The molecule has 3 aromatic rings. The van der Waals surface area contributed by atoms with Crippen molar-refractivity contribution < 1.29 is 5.11 Å². The van der Waals surface area contributed by atoms with Crippen LogP contribution in [0.15, 0.2) is 47.3 Å². The van der Waals surface area contributed by atoms with Crippen molar-refractivity contribution >= 4 is 33.9 Å². The van der Waals surface area contributed by atoms with Gasteiger partial charge in [-0.1, -0.05) is 29.8 Å². The van der Waals surface area contributed by atoms with E-state index in [1.165, 1.54) is 5.56 Å². The third-order valence-electron chi connectivity index (χ3n) is 4.72. The third kappa shape index (κ3) is 4.58. The van der Waals surface area contributed by atoms with Crippen molar-refractivity contribution in [3.05, 3.63) is 75.1 Å². The van der Waals surface area contributed by atoms with Gasteiger partial charge in [-0.3, -0.25) is 4.79 Å². The van der Waals surface area contributed by atoms with E-state index in [1.54, 1.807) is 4.90 Å². The molecule has 0 unspecified atom stereocenters. The maximum Gasteiger partial charge on any atom is 0.253 e. The van der Waals surface area contributed by atoms with Crippen molar-refractivity contribution in [2.24, 2.45) is 0 Å². The van der Waals surface area contributed by atoms with Gasteiger partial charge in [0.15, 0.2) is 5.11 Å². The van der Waals surface area contributed by atoms with Gasteiger partial charge in [-0.15, -0.1) is 0 Å². The van der Waals surface area contributed by atoms with E-state index < -0.39 is 0 Å². The Morgan fingerprint density at radius 3 is 2.54 bits per heavy atom. The highest BCUT2D eigenvalue weighted by Gasteiger charge is 2.14. The predicted molar refractivity (Wildman–Crippen MR) is 119 cm³/mol. The van der Waals surface area contributed by atoms with Gasteiger partial charge >= 0.3 is 0 Å². The Labute approximate surface area is 170 Å². The van der Waals surface area contributed by atoms with E-state index >= 15 is 0 Å².